The first-order valence-corrected chi connectivity index (χ1v) is 5.27. The second-order valence-electron chi connectivity index (χ2n) is 4.83. The molecule has 0 aliphatic rings. The van der Waals surface area contributed by atoms with Crippen molar-refractivity contribution >= 4 is 11.9 Å². The van der Waals surface area contributed by atoms with Crippen molar-refractivity contribution in [2.24, 2.45) is 0 Å². The Morgan fingerprint density at radius 1 is 1.35 bits per heavy atom. The third-order valence-corrected chi connectivity index (χ3v) is 2.19. The van der Waals surface area contributed by atoms with Gasteiger partial charge in [0.1, 0.15) is 0 Å². The lowest BCUT2D eigenvalue weighted by atomic mass is 10.1. The summed E-state index contributed by atoms with van der Waals surface area (Å²) < 4.78 is 1.42. The van der Waals surface area contributed by atoms with Gasteiger partial charge >= 0.3 is 5.69 Å². The van der Waals surface area contributed by atoms with Crippen molar-refractivity contribution in [3.05, 3.63) is 38.7 Å². The van der Waals surface area contributed by atoms with Gasteiger partial charge in [-0.2, -0.15) is 0 Å². The first-order chi connectivity index (χ1) is 7.71. The quantitative estimate of drug-likeness (QED) is 0.775. The second-order valence-corrected chi connectivity index (χ2v) is 4.83. The Morgan fingerprint density at radius 3 is 2.41 bits per heavy atom. The van der Waals surface area contributed by atoms with Gasteiger partial charge < -0.3 is 0 Å². The molecule has 0 amide bonds. The molecule has 5 nitrogen and oxygen atoms in total. The van der Waals surface area contributed by atoms with Crippen LogP contribution in [0.15, 0.2) is 21.9 Å². The van der Waals surface area contributed by atoms with E-state index in [1.165, 1.54) is 29.8 Å². The van der Waals surface area contributed by atoms with Crippen molar-refractivity contribution in [2.45, 2.75) is 33.2 Å². The van der Waals surface area contributed by atoms with Gasteiger partial charge in [0.2, 0.25) is 0 Å². The van der Waals surface area contributed by atoms with Crippen molar-refractivity contribution in [3.63, 3.8) is 0 Å². The minimum atomic E-state index is -0.493. The second kappa shape index (κ2) is 4.53. The molecular formula is C12H16N2O3. The predicted molar refractivity (Wildman–Crippen MR) is 66.0 cm³/mol. The van der Waals surface area contributed by atoms with Gasteiger partial charge in [-0.15, -0.1) is 0 Å². The lowest BCUT2D eigenvalue weighted by Crippen LogP contribution is -2.39. The van der Waals surface area contributed by atoms with Crippen LogP contribution in [0.5, 0.6) is 0 Å². The van der Waals surface area contributed by atoms with Crippen molar-refractivity contribution < 1.29 is 4.79 Å². The standard InChI is InChI=1S/C12H16N2O3/c1-8(15)5-6-9-7-14(12(2,3)4)11(17)13-10(9)16/h5-7H,1-4H3,(H,13,16,17)/b6-5+. The monoisotopic (exact) mass is 236 g/mol. The van der Waals surface area contributed by atoms with Gasteiger partial charge in [0.25, 0.3) is 5.56 Å². The number of carbonyl (C=O) groups is 1. The number of rotatable bonds is 2. The van der Waals surface area contributed by atoms with Crippen LogP contribution in [-0.4, -0.2) is 15.3 Å². The van der Waals surface area contributed by atoms with E-state index < -0.39 is 16.8 Å². The Kier molecular flexibility index (Phi) is 3.50. The summed E-state index contributed by atoms with van der Waals surface area (Å²) in [5, 5.41) is 0. The molecule has 0 radical (unpaired) electrons. The number of allylic oxidation sites excluding steroid dienone is 1. The van der Waals surface area contributed by atoms with Crippen molar-refractivity contribution in [2.75, 3.05) is 0 Å². The maximum atomic E-state index is 11.6. The van der Waals surface area contributed by atoms with E-state index in [1.54, 1.807) is 0 Å². The smallest absolute Gasteiger partial charge is 0.295 e. The summed E-state index contributed by atoms with van der Waals surface area (Å²) in [4.78, 5) is 36.1. The number of carbonyl (C=O) groups excluding carboxylic acids is 1. The summed E-state index contributed by atoms with van der Waals surface area (Å²) in [6.45, 7) is 6.95. The van der Waals surface area contributed by atoms with Gasteiger partial charge in [-0.3, -0.25) is 19.1 Å². The van der Waals surface area contributed by atoms with Gasteiger partial charge in [-0.25, -0.2) is 4.79 Å². The lowest BCUT2D eigenvalue weighted by molar-refractivity contribution is -0.112. The molecule has 0 atom stereocenters. The van der Waals surface area contributed by atoms with E-state index in [2.05, 4.69) is 4.98 Å². The number of H-pyrrole nitrogens is 1. The predicted octanol–water partition coefficient (Wildman–Crippen LogP) is 0.894. The van der Waals surface area contributed by atoms with Gasteiger partial charge in [0, 0.05) is 11.7 Å². The fourth-order valence-electron chi connectivity index (χ4n) is 1.31. The molecule has 0 saturated heterocycles. The van der Waals surface area contributed by atoms with Gasteiger partial charge in [-0.05, 0) is 39.8 Å². The van der Waals surface area contributed by atoms with E-state index in [4.69, 9.17) is 0 Å². The Hall–Kier alpha value is -1.91. The maximum Gasteiger partial charge on any atom is 0.328 e. The van der Waals surface area contributed by atoms with Crippen LogP contribution in [0.4, 0.5) is 0 Å². The number of hydrogen-bond donors (Lipinski definition) is 1. The molecule has 92 valence electrons. The minimum Gasteiger partial charge on any atom is -0.295 e. The topological polar surface area (TPSA) is 71.9 Å². The fourth-order valence-corrected chi connectivity index (χ4v) is 1.31. The minimum absolute atomic E-state index is 0.155. The third-order valence-electron chi connectivity index (χ3n) is 2.19. The number of aromatic nitrogens is 2. The van der Waals surface area contributed by atoms with E-state index in [-0.39, 0.29) is 11.3 Å². The van der Waals surface area contributed by atoms with Crippen molar-refractivity contribution in [1.82, 2.24) is 9.55 Å². The first kappa shape index (κ1) is 13.2. The van der Waals surface area contributed by atoms with Gasteiger partial charge in [0.15, 0.2) is 5.78 Å². The molecule has 0 aromatic carbocycles. The molecule has 1 heterocycles. The van der Waals surface area contributed by atoms with Crippen LogP contribution in [0.25, 0.3) is 6.08 Å². The molecule has 0 fully saturated rings. The SMILES string of the molecule is CC(=O)/C=C/c1cn(C(C)(C)C)c(=O)[nH]c1=O. The number of hydrogen-bond acceptors (Lipinski definition) is 3. The summed E-state index contributed by atoms with van der Waals surface area (Å²) in [7, 11) is 0. The largest absolute Gasteiger partial charge is 0.328 e. The maximum absolute atomic E-state index is 11.6. The molecule has 1 aromatic heterocycles. The molecule has 17 heavy (non-hydrogen) atoms. The average Bonchev–Trinajstić information content (AvgIpc) is 2.13. The molecule has 1 rings (SSSR count). The van der Waals surface area contributed by atoms with Crippen LogP contribution >= 0.6 is 0 Å². The summed E-state index contributed by atoms with van der Waals surface area (Å²) in [6.07, 6.45) is 4.16. The van der Waals surface area contributed by atoms with Crippen LogP contribution < -0.4 is 11.2 Å². The Balaban J connectivity index is 3.40. The molecular weight excluding hydrogens is 220 g/mol. The summed E-state index contributed by atoms with van der Waals surface area (Å²) >= 11 is 0. The summed E-state index contributed by atoms with van der Waals surface area (Å²) in [5.41, 5.74) is -1.09. The molecule has 1 N–H and O–H groups in total. The highest BCUT2D eigenvalue weighted by atomic mass is 16.2. The highest BCUT2D eigenvalue weighted by molar-refractivity contribution is 5.91. The Bertz CT molecular complexity index is 571. The number of nitrogens with zero attached hydrogens (tertiary/aromatic N) is 1. The number of nitrogens with one attached hydrogen (secondary N) is 1. The van der Waals surface area contributed by atoms with Gasteiger partial charge in [0.05, 0.1) is 5.56 Å². The molecule has 0 aliphatic heterocycles. The van der Waals surface area contributed by atoms with Crippen molar-refractivity contribution in [3.8, 4) is 0 Å². The highest BCUT2D eigenvalue weighted by Gasteiger charge is 2.15. The van der Waals surface area contributed by atoms with Crippen LogP contribution in [-0.2, 0) is 10.3 Å². The lowest BCUT2D eigenvalue weighted by Gasteiger charge is -2.21. The van der Waals surface area contributed by atoms with E-state index >= 15 is 0 Å². The number of aromatic amines is 1. The molecule has 0 spiro atoms. The first-order valence-electron chi connectivity index (χ1n) is 5.27. The van der Waals surface area contributed by atoms with Crippen LogP contribution in [0.2, 0.25) is 0 Å². The molecule has 0 aliphatic carbocycles. The zero-order valence-corrected chi connectivity index (χ0v) is 10.4. The van der Waals surface area contributed by atoms with Crippen LogP contribution in [0, 0.1) is 0 Å². The zero-order chi connectivity index (χ0) is 13.2. The van der Waals surface area contributed by atoms with Crippen molar-refractivity contribution in [1.29, 1.82) is 0 Å². The third kappa shape index (κ3) is 3.27. The van der Waals surface area contributed by atoms with Crippen LogP contribution in [0.1, 0.15) is 33.3 Å². The molecule has 1 aromatic rings. The molecule has 5 heteroatoms. The van der Waals surface area contributed by atoms with E-state index in [0.717, 1.165) is 0 Å². The fraction of sp³-hybridized carbons (Fsp3) is 0.417. The Labute approximate surface area is 98.8 Å². The number of ketones is 1. The van der Waals surface area contributed by atoms with E-state index in [9.17, 15) is 14.4 Å². The Morgan fingerprint density at radius 2 is 1.94 bits per heavy atom. The van der Waals surface area contributed by atoms with Crippen LogP contribution in [0.3, 0.4) is 0 Å². The molecule has 0 bridgehead atoms. The molecule has 0 saturated carbocycles. The average molecular weight is 236 g/mol. The zero-order valence-electron chi connectivity index (χ0n) is 10.4. The van der Waals surface area contributed by atoms with Gasteiger partial charge in [-0.1, -0.05) is 0 Å². The highest BCUT2D eigenvalue weighted by Crippen LogP contribution is 2.10. The summed E-state index contributed by atoms with van der Waals surface area (Å²) in [5.74, 6) is -0.155. The summed E-state index contributed by atoms with van der Waals surface area (Å²) in [6, 6.07) is 0. The van der Waals surface area contributed by atoms with E-state index in [0.29, 0.717) is 0 Å². The van der Waals surface area contributed by atoms with E-state index in [1.807, 2.05) is 20.8 Å². The normalized spacial score (nSPS) is 12.0. The molecule has 0 unspecified atom stereocenters.